The Hall–Kier alpha value is -2.62. The molecule has 2 N–H and O–H groups in total. The first kappa shape index (κ1) is 13.8. The van der Waals surface area contributed by atoms with E-state index in [-0.39, 0.29) is 5.78 Å². The number of ketones is 1. The third-order valence-corrected chi connectivity index (χ3v) is 2.79. The van der Waals surface area contributed by atoms with Crippen LogP contribution >= 0.6 is 0 Å². The average Bonchev–Trinajstić information content (AvgIpc) is 2.45. The number of nitrogens with zero attached hydrogens (tertiary/aromatic N) is 2. The van der Waals surface area contributed by atoms with Gasteiger partial charge in [-0.15, -0.1) is 0 Å². The summed E-state index contributed by atoms with van der Waals surface area (Å²) in [6, 6.07) is 16.3. The molecule has 102 valence electrons. The molecule has 0 atom stereocenters. The molecule has 2 aromatic carbocycles. The van der Waals surface area contributed by atoms with E-state index in [2.05, 4.69) is 4.99 Å². The molecule has 0 aromatic heterocycles. The number of nitrogens with two attached hydrogens (primary N) is 1. The molecule has 2 rings (SSSR count). The summed E-state index contributed by atoms with van der Waals surface area (Å²) in [7, 11) is 3.61. The Bertz CT molecular complexity index is 616. The van der Waals surface area contributed by atoms with Crippen LogP contribution < -0.4 is 5.73 Å². The second-order valence-corrected chi connectivity index (χ2v) is 4.62. The summed E-state index contributed by atoms with van der Waals surface area (Å²) >= 11 is 0. The molecular weight excluding hydrogens is 250 g/mol. The number of para-hydroxylation sites is 1. The summed E-state index contributed by atoms with van der Waals surface area (Å²) in [6.07, 6.45) is 0. The number of rotatable bonds is 3. The Morgan fingerprint density at radius 3 is 2.15 bits per heavy atom. The van der Waals surface area contributed by atoms with Gasteiger partial charge in [-0.25, -0.2) is 4.99 Å². The second-order valence-electron chi connectivity index (χ2n) is 4.62. The Balaban J connectivity index is 2.36. The van der Waals surface area contributed by atoms with Crippen molar-refractivity contribution in [2.24, 2.45) is 4.99 Å². The predicted octanol–water partition coefficient (Wildman–Crippen LogP) is 2.74. The number of benzene rings is 2. The van der Waals surface area contributed by atoms with E-state index in [1.54, 1.807) is 43.3 Å². The number of amidine groups is 1. The highest BCUT2D eigenvalue weighted by atomic mass is 16.1. The molecule has 0 fully saturated rings. The van der Waals surface area contributed by atoms with Crippen LogP contribution in [0.3, 0.4) is 0 Å². The van der Waals surface area contributed by atoms with Gasteiger partial charge in [-0.2, -0.15) is 0 Å². The molecule has 0 unspecified atom stereocenters. The highest BCUT2D eigenvalue weighted by Crippen LogP contribution is 2.14. The van der Waals surface area contributed by atoms with Gasteiger partial charge >= 0.3 is 0 Å². The van der Waals surface area contributed by atoms with Crippen molar-refractivity contribution in [3.63, 3.8) is 0 Å². The number of hydrogen-bond donors (Lipinski definition) is 1. The van der Waals surface area contributed by atoms with E-state index in [9.17, 15) is 4.79 Å². The fraction of sp³-hybridized carbons (Fsp3) is 0.125. The molecular formula is C16H17N3O. The minimum Gasteiger partial charge on any atom is -0.399 e. The van der Waals surface area contributed by atoms with E-state index in [1.807, 2.05) is 30.3 Å². The van der Waals surface area contributed by atoms with Crippen LogP contribution in [-0.2, 0) is 0 Å². The average molecular weight is 267 g/mol. The number of nitrogen functional groups attached to an aromatic ring is 1. The van der Waals surface area contributed by atoms with Crippen LogP contribution in [0.15, 0.2) is 59.6 Å². The first-order valence-electron chi connectivity index (χ1n) is 6.29. The monoisotopic (exact) mass is 267 g/mol. The zero-order valence-electron chi connectivity index (χ0n) is 11.6. The van der Waals surface area contributed by atoms with Gasteiger partial charge in [-0.1, -0.05) is 18.2 Å². The lowest BCUT2D eigenvalue weighted by Crippen LogP contribution is -2.30. The number of anilines is 1. The van der Waals surface area contributed by atoms with E-state index < -0.39 is 0 Å². The molecule has 0 amide bonds. The molecule has 0 saturated carbocycles. The smallest absolute Gasteiger partial charge is 0.228 e. The summed E-state index contributed by atoms with van der Waals surface area (Å²) in [4.78, 5) is 18.6. The third kappa shape index (κ3) is 3.23. The molecule has 0 bridgehead atoms. The van der Waals surface area contributed by atoms with Gasteiger partial charge in [0.05, 0.1) is 5.69 Å². The summed E-state index contributed by atoms with van der Waals surface area (Å²) in [6.45, 7) is 0. The Labute approximate surface area is 118 Å². The number of likely N-dealkylation sites (N-methyl/N-ethyl adjacent to an activating group) is 1. The van der Waals surface area contributed by atoms with E-state index in [1.165, 1.54) is 0 Å². The maximum Gasteiger partial charge on any atom is 0.228 e. The maximum atomic E-state index is 12.5. The van der Waals surface area contributed by atoms with Crippen LogP contribution in [0.25, 0.3) is 0 Å². The molecule has 4 nitrogen and oxygen atoms in total. The van der Waals surface area contributed by atoms with Gasteiger partial charge in [-0.05, 0) is 36.4 Å². The fourth-order valence-electron chi connectivity index (χ4n) is 1.74. The molecule has 0 aliphatic heterocycles. The number of Topliss-reactive ketones (excluding diaryl/α,β-unsaturated/α-hetero) is 1. The van der Waals surface area contributed by atoms with Gasteiger partial charge in [0, 0.05) is 25.3 Å². The first-order valence-corrected chi connectivity index (χ1v) is 6.29. The van der Waals surface area contributed by atoms with Crippen LogP contribution in [0, 0.1) is 0 Å². The second kappa shape index (κ2) is 6.02. The van der Waals surface area contributed by atoms with Gasteiger partial charge in [-0.3, -0.25) is 4.79 Å². The molecule has 0 aliphatic carbocycles. The Morgan fingerprint density at radius 2 is 1.60 bits per heavy atom. The predicted molar refractivity (Wildman–Crippen MR) is 82.4 cm³/mol. The van der Waals surface area contributed by atoms with Crippen molar-refractivity contribution in [1.82, 2.24) is 4.90 Å². The summed E-state index contributed by atoms with van der Waals surface area (Å²) < 4.78 is 0. The molecule has 0 radical (unpaired) electrons. The van der Waals surface area contributed by atoms with Gasteiger partial charge < -0.3 is 10.6 Å². The van der Waals surface area contributed by atoms with Crippen LogP contribution in [0.1, 0.15) is 10.4 Å². The number of carbonyl (C=O) groups excluding carboxylic acids is 1. The first-order chi connectivity index (χ1) is 9.58. The lowest BCUT2D eigenvalue weighted by molar-refractivity contribution is 0.105. The van der Waals surface area contributed by atoms with E-state index >= 15 is 0 Å². The minimum atomic E-state index is -0.126. The van der Waals surface area contributed by atoms with Gasteiger partial charge in [0.15, 0.2) is 5.84 Å². The van der Waals surface area contributed by atoms with Crippen LogP contribution in [0.4, 0.5) is 11.4 Å². The van der Waals surface area contributed by atoms with E-state index in [4.69, 9.17) is 5.73 Å². The van der Waals surface area contributed by atoms with Crippen molar-refractivity contribution in [3.05, 3.63) is 60.2 Å². The quantitative estimate of drug-likeness (QED) is 0.402. The summed E-state index contributed by atoms with van der Waals surface area (Å²) in [5.74, 6) is 0.264. The van der Waals surface area contributed by atoms with Crippen LogP contribution in [0.5, 0.6) is 0 Å². The van der Waals surface area contributed by atoms with Gasteiger partial charge in [0.1, 0.15) is 0 Å². The largest absolute Gasteiger partial charge is 0.399 e. The summed E-state index contributed by atoms with van der Waals surface area (Å²) in [5, 5.41) is 0. The van der Waals surface area contributed by atoms with Crippen LogP contribution in [-0.4, -0.2) is 30.6 Å². The molecule has 4 heteroatoms. The molecule has 2 aromatic rings. The number of aliphatic imine (C=N–C) groups is 1. The molecule has 0 heterocycles. The van der Waals surface area contributed by atoms with E-state index in [0.29, 0.717) is 17.1 Å². The third-order valence-electron chi connectivity index (χ3n) is 2.79. The van der Waals surface area contributed by atoms with Gasteiger partial charge in [0.2, 0.25) is 5.78 Å². The lowest BCUT2D eigenvalue weighted by Gasteiger charge is -2.14. The van der Waals surface area contributed by atoms with Crippen molar-refractivity contribution < 1.29 is 4.79 Å². The minimum absolute atomic E-state index is 0.126. The molecule has 20 heavy (non-hydrogen) atoms. The molecule has 0 spiro atoms. The number of hydrogen-bond acceptors (Lipinski definition) is 3. The van der Waals surface area contributed by atoms with Crippen molar-refractivity contribution >= 4 is 23.0 Å². The maximum absolute atomic E-state index is 12.5. The van der Waals surface area contributed by atoms with Crippen molar-refractivity contribution in [3.8, 4) is 0 Å². The van der Waals surface area contributed by atoms with Crippen molar-refractivity contribution in [1.29, 1.82) is 0 Å². The zero-order valence-corrected chi connectivity index (χ0v) is 11.6. The highest BCUT2D eigenvalue weighted by molar-refractivity contribution is 6.45. The molecule has 0 saturated heterocycles. The van der Waals surface area contributed by atoms with Crippen LogP contribution in [0.2, 0.25) is 0 Å². The normalized spacial score (nSPS) is 11.2. The van der Waals surface area contributed by atoms with Gasteiger partial charge in [0.25, 0.3) is 0 Å². The van der Waals surface area contributed by atoms with Crippen molar-refractivity contribution in [2.45, 2.75) is 0 Å². The lowest BCUT2D eigenvalue weighted by atomic mass is 10.1. The van der Waals surface area contributed by atoms with Crippen molar-refractivity contribution in [2.75, 3.05) is 19.8 Å². The molecule has 0 aliphatic rings. The zero-order chi connectivity index (χ0) is 14.5. The highest BCUT2D eigenvalue weighted by Gasteiger charge is 2.16. The standard InChI is InChI=1S/C16H17N3O/c1-19(2)16(18-14-6-4-3-5-7-14)15(20)12-8-10-13(17)11-9-12/h3-11H,17H2,1-2H3. The SMILES string of the molecule is CN(C)C(=Nc1ccccc1)C(=O)c1ccc(N)cc1. The fourth-order valence-corrected chi connectivity index (χ4v) is 1.74. The topological polar surface area (TPSA) is 58.7 Å². The Kier molecular flexibility index (Phi) is 4.15. The summed E-state index contributed by atoms with van der Waals surface area (Å²) in [5.41, 5.74) is 7.59. The van der Waals surface area contributed by atoms with E-state index in [0.717, 1.165) is 5.69 Å². The Morgan fingerprint density at radius 1 is 1.00 bits per heavy atom. The number of carbonyl (C=O) groups is 1.